The summed E-state index contributed by atoms with van der Waals surface area (Å²) < 4.78 is 16.9. The summed E-state index contributed by atoms with van der Waals surface area (Å²) in [6, 6.07) is 12.7. The maximum atomic E-state index is 12.2. The largest absolute Gasteiger partial charge is 0.493 e. The highest BCUT2D eigenvalue weighted by Gasteiger charge is 2.15. The lowest BCUT2D eigenvalue weighted by Gasteiger charge is -2.16. The van der Waals surface area contributed by atoms with Crippen LogP contribution in [-0.2, 0) is 4.79 Å². The van der Waals surface area contributed by atoms with E-state index in [1.165, 1.54) is 0 Å². The van der Waals surface area contributed by atoms with Crippen LogP contribution in [0.1, 0.15) is 31.4 Å². The normalized spacial score (nSPS) is 14.2. The van der Waals surface area contributed by atoms with Crippen LogP contribution >= 0.6 is 11.6 Å². The first-order chi connectivity index (χ1) is 12.6. The average molecular weight is 376 g/mol. The van der Waals surface area contributed by atoms with Gasteiger partial charge in [-0.15, -0.1) is 0 Å². The zero-order valence-corrected chi connectivity index (χ0v) is 15.4. The molecule has 138 valence electrons. The van der Waals surface area contributed by atoms with Crippen molar-refractivity contribution in [3.8, 4) is 17.2 Å². The molecule has 5 nitrogen and oxygen atoms in total. The molecule has 0 saturated carbocycles. The van der Waals surface area contributed by atoms with Gasteiger partial charge in [-0.2, -0.15) is 0 Å². The Morgan fingerprint density at radius 3 is 2.81 bits per heavy atom. The highest BCUT2D eigenvalue weighted by molar-refractivity contribution is 6.30. The first-order valence-corrected chi connectivity index (χ1v) is 9.07. The molecule has 6 heteroatoms. The van der Waals surface area contributed by atoms with Crippen molar-refractivity contribution in [3.63, 3.8) is 0 Å². The van der Waals surface area contributed by atoms with E-state index in [1.54, 1.807) is 12.1 Å². The number of halogens is 1. The standard InChI is InChI=1S/C20H22ClNO4/c1-14(15-6-7-18-19(12-15)26-10-3-9-25-18)22-20(23)8-11-24-17-5-2-4-16(21)13-17/h2,4-7,12-14H,3,8-11H2,1H3,(H,22,23). The van der Waals surface area contributed by atoms with Crippen molar-refractivity contribution in [2.24, 2.45) is 0 Å². The van der Waals surface area contributed by atoms with Crippen LogP contribution in [0.2, 0.25) is 5.02 Å². The van der Waals surface area contributed by atoms with Crippen molar-refractivity contribution < 1.29 is 19.0 Å². The van der Waals surface area contributed by atoms with Crippen LogP contribution in [0.4, 0.5) is 0 Å². The van der Waals surface area contributed by atoms with Gasteiger partial charge < -0.3 is 19.5 Å². The number of amides is 1. The molecule has 1 amide bonds. The van der Waals surface area contributed by atoms with Gasteiger partial charge in [0.15, 0.2) is 11.5 Å². The summed E-state index contributed by atoms with van der Waals surface area (Å²) in [5, 5.41) is 3.58. The Kier molecular flexibility index (Phi) is 6.23. The SMILES string of the molecule is CC(NC(=O)CCOc1cccc(Cl)c1)c1ccc2c(c1)OCCCO2. The Labute approximate surface area is 158 Å². The summed E-state index contributed by atoms with van der Waals surface area (Å²) in [7, 11) is 0. The van der Waals surface area contributed by atoms with E-state index in [1.807, 2.05) is 37.3 Å². The highest BCUT2D eigenvalue weighted by atomic mass is 35.5. The van der Waals surface area contributed by atoms with Gasteiger partial charge in [-0.1, -0.05) is 23.7 Å². The minimum absolute atomic E-state index is 0.0772. The van der Waals surface area contributed by atoms with Crippen molar-refractivity contribution in [1.82, 2.24) is 5.32 Å². The van der Waals surface area contributed by atoms with E-state index in [-0.39, 0.29) is 18.4 Å². The number of hydrogen-bond donors (Lipinski definition) is 1. The molecule has 1 N–H and O–H groups in total. The number of benzene rings is 2. The second kappa shape index (κ2) is 8.81. The fourth-order valence-corrected chi connectivity index (χ4v) is 2.84. The minimum atomic E-state index is -0.133. The number of carbonyl (C=O) groups excluding carboxylic acids is 1. The summed E-state index contributed by atoms with van der Waals surface area (Å²) in [5.74, 6) is 2.05. The molecular weight excluding hydrogens is 354 g/mol. The number of nitrogens with one attached hydrogen (secondary N) is 1. The third kappa shape index (κ3) is 5.05. The summed E-state index contributed by atoms with van der Waals surface area (Å²) in [6.45, 7) is 3.53. The van der Waals surface area contributed by atoms with Gasteiger partial charge in [-0.3, -0.25) is 4.79 Å². The zero-order chi connectivity index (χ0) is 18.4. The second-order valence-electron chi connectivity index (χ2n) is 6.10. The van der Waals surface area contributed by atoms with E-state index in [9.17, 15) is 4.79 Å². The molecule has 1 heterocycles. The first kappa shape index (κ1) is 18.4. The van der Waals surface area contributed by atoms with Gasteiger partial charge in [0.05, 0.1) is 32.3 Å². The Morgan fingerprint density at radius 1 is 1.19 bits per heavy atom. The summed E-state index contributed by atoms with van der Waals surface area (Å²) in [4.78, 5) is 12.2. The molecule has 0 radical (unpaired) electrons. The molecule has 0 fully saturated rings. The Hall–Kier alpha value is -2.40. The molecule has 0 bridgehead atoms. The van der Waals surface area contributed by atoms with E-state index >= 15 is 0 Å². The number of rotatable bonds is 6. The third-order valence-corrected chi connectivity index (χ3v) is 4.28. The minimum Gasteiger partial charge on any atom is -0.493 e. The van der Waals surface area contributed by atoms with Crippen molar-refractivity contribution in [2.75, 3.05) is 19.8 Å². The maximum Gasteiger partial charge on any atom is 0.223 e. The fraction of sp³-hybridized carbons (Fsp3) is 0.350. The van der Waals surface area contributed by atoms with E-state index < -0.39 is 0 Å². The van der Waals surface area contributed by atoms with E-state index in [0.29, 0.717) is 30.6 Å². The zero-order valence-electron chi connectivity index (χ0n) is 14.7. The van der Waals surface area contributed by atoms with Crippen LogP contribution in [-0.4, -0.2) is 25.7 Å². The molecule has 1 aliphatic rings. The first-order valence-electron chi connectivity index (χ1n) is 8.69. The van der Waals surface area contributed by atoms with Gasteiger partial charge in [-0.05, 0) is 42.8 Å². The molecule has 3 rings (SSSR count). The predicted molar refractivity (Wildman–Crippen MR) is 100 cm³/mol. The van der Waals surface area contributed by atoms with Crippen molar-refractivity contribution >= 4 is 17.5 Å². The summed E-state index contributed by atoms with van der Waals surface area (Å²) in [5.41, 5.74) is 0.971. The molecule has 1 atom stereocenters. The van der Waals surface area contributed by atoms with E-state index in [0.717, 1.165) is 23.5 Å². The Bertz CT molecular complexity index is 765. The second-order valence-corrected chi connectivity index (χ2v) is 6.54. The van der Waals surface area contributed by atoms with Crippen LogP contribution in [0.3, 0.4) is 0 Å². The molecule has 26 heavy (non-hydrogen) atoms. The van der Waals surface area contributed by atoms with Gasteiger partial charge in [0.25, 0.3) is 0 Å². The van der Waals surface area contributed by atoms with E-state index in [2.05, 4.69) is 5.32 Å². The van der Waals surface area contributed by atoms with Crippen molar-refractivity contribution in [1.29, 1.82) is 0 Å². The predicted octanol–water partition coefficient (Wildman–Crippen LogP) is 4.15. The molecular formula is C20H22ClNO4. The molecule has 2 aromatic carbocycles. The molecule has 2 aromatic rings. The lowest BCUT2D eigenvalue weighted by Crippen LogP contribution is -2.27. The number of hydrogen-bond acceptors (Lipinski definition) is 4. The molecule has 0 saturated heterocycles. The summed E-state index contributed by atoms with van der Waals surface area (Å²) >= 11 is 5.91. The summed E-state index contributed by atoms with van der Waals surface area (Å²) in [6.07, 6.45) is 1.13. The van der Waals surface area contributed by atoms with E-state index in [4.69, 9.17) is 25.8 Å². The van der Waals surface area contributed by atoms with Gasteiger partial charge >= 0.3 is 0 Å². The van der Waals surface area contributed by atoms with Crippen molar-refractivity contribution in [2.45, 2.75) is 25.8 Å². The lowest BCUT2D eigenvalue weighted by atomic mass is 10.1. The van der Waals surface area contributed by atoms with Crippen LogP contribution in [0.15, 0.2) is 42.5 Å². The molecule has 0 aromatic heterocycles. The Balaban J connectivity index is 1.50. The van der Waals surface area contributed by atoms with Gasteiger partial charge in [0.2, 0.25) is 5.91 Å². The van der Waals surface area contributed by atoms with Gasteiger partial charge in [-0.25, -0.2) is 0 Å². The monoisotopic (exact) mass is 375 g/mol. The average Bonchev–Trinajstić information content (AvgIpc) is 2.86. The number of carbonyl (C=O) groups is 1. The van der Waals surface area contributed by atoms with Crippen LogP contribution in [0.5, 0.6) is 17.2 Å². The highest BCUT2D eigenvalue weighted by Crippen LogP contribution is 2.32. The van der Waals surface area contributed by atoms with Crippen LogP contribution < -0.4 is 19.5 Å². The van der Waals surface area contributed by atoms with Crippen LogP contribution in [0, 0.1) is 0 Å². The molecule has 0 aliphatic carbocycles. The van der Waals surface area contributed by atoms with Gasteiger partial charge in [0, 0.05) is 11.4 Å². The number of fused-ring (bicyclic) bond motifs is 1. The third-order valence-electron chi connectivity index (χ3n) is 4.04. The molecule has 1 unspecified atom stereocenters. The Morgan fingerprint density at radius 2 is 2.00 bits per heavy atom. The quantitative estimate of drug-likeness (QED) is 0.824. The van der Waals surface area contributed by atoms with Crippen molar-refractivity contribution in [3.05, 3.63) is 53.1 Å². The molecule has 0 spiro atoms. The fourth-order valence-electron chi connectivity index (χ4n) is 2.66. The number of ether oxygens (including phenoxy) is 3. The van der Waals surface area contributed by atoms with Crippen LogP contribution in [0.25, 0.3) is 0 Å². The van der Waals surface area contributed by atoms with Gasteiger partial charge in [0.1, 0.15) is 5.75 Å². The molecule has 1 aliphatic heterocycles. The lowest BCUT2D eigenvalue weighted by molar-refractivity contribution is -0.122. The topological polar surface area (TPSA) is 56.8 Å². The smallest absolute Gasteiger partial charge is 0.223 e. The maximum absolute atomic E-state index is 12.2.